The SMILES string of the molecule is COc1ccc(CC(=O)N(c2ccc(C(C)C)cc2)[C@H]2C=CS(=O)(=O)C2)cc1. The minimum absolute atomic E-state index is 0.0900. The van der Waals surface area contributed by atoms with E-state index in [2.05, 4.69) is 13.8 Å². The molecule has 0 aliphatic carbocycles. The Balaban J connectivity index is 1.88. The molecule has 3 rings (SSSR count). The van der Waals surface area contributed by atoms with Crippen molar-refractivity contribution in [1.82, 2.24) is 0 Å². The van der Waals surface area contributed by atoms with Gasteiger partial charge in [-0.25, -0.2) is 8.42 Å². The molecule has 1 atom stereocenters. The molecular weight excluding hydrogens is 374 g/mol. The maximum absolute atomic E-state index is 13.2. The highest BCUT2D eigenvalue weighted by molar-refractivity contribution is 7.94. The van der Waals surface area contributed by atoms with Crippen molar-refractivity contribution in [1.29, 1.82) is 0 Å². The van der Waals surface area contributed by atoms with Crippen molar-refractivity contribution < 1.29 is 17.9 Å². The quantitative estimate of drug-likeness (QED) is 0.743. The first-order valence-corrected chi connectivity index (χ1v) is 11.0. The third kappa shape index (κ3) is 4.62. The van der Waals surface area contributed by atoms with Crippen molar-refractivity contribution in [2.45, 2.75) is 32.2 Å². The van der Waals surface area contributed by atoms with Gasteiger partial charge in [-0.2, -0.15) is 0 Å². The first kappa shape index (κ1) is 20.1. The van der Waals surface area contributed by atoms with Gasteiger partial charge in [-0.15, -0.1) is 0 Å². The smallest absolute Gasteiger partial charge is 0.231 e. The number of nitrogens with zero attached hydrogens (tertiary/aromatic N) is 1. The Kier molecular flexibility index (Phi) is 5.89. The normalized spacial score (nSPS) is 17.6. The van der Waals surface area contributed by atoms with Gasteiger partial charge in [-0.05, 0) is 47.4 Å². The van der Waals surface area contributed by atoms with Crippen molar-refractivity contribution in [3.63, 3.8) is 0 Å². The van der Waals surface area contributed by atoms with Gasteiger partial charge in [0.15, 0.2) is 9.84 Å². The molecule has 0 N–H and O–H groups in total. The predicted octanol–water partition coefficient (Wildman–Crippen LogP) is 3.71. The number of benzene rings is 2. The van der Waals surface area contributed by atoms with E-state index >= 15 is 0 Å². The van der Waals surface area contributed by atoms with E-state index in [-0.39, 0.29) is 18.1 Å². The second kappa shape index (κ2) is 8.19. The van der Waals surface area contributed by atoms with E-state index in [0.717, 1.165) is 11.3 Å². The number of carbonyl (C=O) groups excluding carboxylic acids is 1. The lowest BCUT2D eigenvalue weighted by Crippen LogP contribution is -2.42. The summed E-state index contributed by atoms with van der Waals surface area (Å²) in [7, 11) is -1.68. The molecule has 1 amide bonds. The number of anilines is 1. The topological polar surface area (TPSA) is 63.7 Å². The molecule has 0 bridgehead atoms. The van der Waals surface area contributed by atoms with Gasteiger partial charge in [0.25, 0.3) is 0 Å². The monoisotopic (exact) mass is 399 g/mol. The van der Waals surface area contributed by atoms with Crippen LogP contribution in [0.3, 0.4) is 0 Å². The molecule has 2 aromatic carbocycles. The van der Waals surface area contributed by atoms with Crippen LogP contribution in [-0.2, 0) is 21.1 Å². The number of amides is 1. The van der Waals surface area contributed by atoms with Crippen LogP contribution in [0.5, 0.6) is 5.75 Å². The third-order valence-electron chi connectivity index (χ3n) is 4.86. The Bertz CT molecular complexity index is 961. The Hall–Kier alpha value is -2.60. The molecule has 0 spiro atoms. The Morgan fingerprint density at radius 2 is 1.75 bits per heavy atom. The number of carbonyl (C=O) groups is 1. The number of hydrogen-bond acceptors (Lipinski definition) is 4. The lowest BCUT2D eigenvalue weighted by atomic mass is 10.0. The van der Waals surface area contributed by atoms with Crippen LogP contribution in [0.1, 0.15) is 30.9 Å². The third-order valence-corrected chi connectivity index (χ3v) is 6.24. The second-order valence-electron chi connectivity index (χ2n) is 7.26. The first-order valence-electron chi connectivity index (χ1n) is 9.25. The maximum Gasteiger partial charge on any atom is 0.231 e. The van der Waals surface area contributed by atoms with E-state index < -0.39 is 15.9 Å². The maximum atomic E-state index is 13.2. The van der Waals surface area contributed by atoms with Crippen LogP contribution in [0.4, 0.5) is 5.69 Å². The number of methoxy groups -OCH3 is 1. The zero-order valence-electron chi connectivity index (χ0n) is 16.3. The van der Waals surface area contributed by atoms with Gasteiger partial charge in [-0.3, -0.25) is 4.79 Å². The summed E-state index contributed by atoms with van der Waals surface area (Å²) >= 11 is 0. The second-order valence-corrected chi connectivity index (χ2v) is 9.19. The summed E-state index contributed by atoms with van der Waals surface area (Å²) in [5, 5.41) is 1.20. The van der Waals surface area contributed by atoms with Crippen molar-refractivity contribution in [3.8, 4) is 5.75 Å². The lowest BCUT2D eigenvalue weighted by molar-refractivity contribution is -0.118. The van der Waals surface area contributed by atoms with Gasteiger partial charge < -0.3 is 9.64 Å². The summed E-state index contributed by atoms with van der Waals surface area (Å²) in [6, 6.07) is 14.6. The Morgan fingerprint density at radius 1 is 1.11 bits per heavy atom. The number of ether oxygens (including phenoxy) is 1. The summed E-state index contributed by atoms with van der Waals surface area (Å²) < 4.78 is 29.0. The highest BCUT2D eigenvalue weighted by atomic mass is 32.2. The summed E-state index contributed by atoms with van der Waals surface area (Å²) in [6.45, 7) is 4.21. The molecule has 1 aliphatic heterocycles. The fourth-order valence-electron chi connectivity index (χ4n) is 3.26. The number of sulfone groups is 1. The van der Waals surface area contributed by atoms with Gasteiger partial charge >= 0.3 is 0 Å². The van der Waals surface area contributed by atoms with Crippen LogP contribution in [0.15, 0.2) is 60.0 Å². The molecule has 0 fully saturated rings. The van der Waals surface area contributed by atoms with E-state index in [4.69, 9.17) is 4.74 Å². The molecule has 6 heteroatoms. The van der Waals surface area contributed by atoms with E-state index in [1.807, 2.05) is 48.5 Å². The molecule has 0 saturated carbocycles. The molecule has 0 saturated heterocycles. The molecule has 2 aromatic rings. The summed E-state index contributed by atoms with van der Waals surface area (Å²) in [4.78, 5) is 14.7. The van der Waals surface area contributed by atoms with Crippen LogP contribution in [-0.4, -0.2) is 33.2 Å². The molecule has 0 aromatic heterocycles. The number of rotatable bonds is 6. The van der Waals surface area contributed by atoms with Crippen molar-refractivity contribution in [3.05, 3.63) is 71.1 Å². The standard InChI is InChI=1S/C22H25NO4S/c1-16(2)18-6-8-19(9-7-18)23(20-12-13-28(25,26)15-20)22(24)14-17-4-10-21(27-3)11-5-17/h4-13,16,20H,14-15H2,1-3H3/t20-/m0/s1. The largest absolute Gasteiger partial charge is 0.497 e. The van der Waals surface area contributed by atoms with Crippen LogP contribution in [0.25, 0.3) is 0 Å². The molecule has 28 heavy (non-hydrogen) atoms. The van der Waals surface area contributed by atoms with Gasteiger partial charge in [0, 0.05) is 11.1 Å². The molecule has 1 heterocycles. The van der Waals surface area contributed by atoms with Gasteiger partial charge in [0.1, 0.15) is 5.75 Å². The van der Waals surface area contributed by atoms with Gasteiger partial charge in [0.2, 0.25) is 5.91 Å². The van der Waals surface area contributed by atoms with Crippen molar-refractivity contribution >= 4 is 21.4 Å². The predicted molar refractivity (Wildman–Crippen MR) is 111 cm³/mol. The fraction of sp³-hybridized carbons (Fsp3) is 0.318. The zero-order chi connectivity index (χ0) is 20.3. The van der Waals surface area contributed by atoms with Crippen LogP contribution in [0, 0.1) is 0 Å². The Morgan fingerprint density at radius 3 is 2.25 bits per heavy atom. The van der Waals surface area contributed by atoms with Crippen molar-refractivity contribution in [2.24, 2.45) is 0 Å². The number of hydrogen-bond donors (Lipinski definition) is 0. The van der Waals surface area contributed by atoms with E-state index in [1.165, 1.54) is 11.0 Å². The molecule has 0 radical (unpaired) electrons. The highest BCUT2D eigenvalue weighted by Crippen LogP contribution is 2.26. The molecule has 5 nitrogen and oxygen atoms in total. The lowest BCUT2D eigenvalue weighted by Gasteiger charge is -2.28. The minimum Gasteiger partial charge on any atom is -0.497 e. The highest BCUT2D eigenvalue weighted by Gasteiger charge is 2.31. The van der Waals surface area contributed by atoms with E-state index in [9.17, 15) is 13.2 Å². The van der Waals surface area contributed by atoms with Gasteiger partial charge in [-0.1, -0.05) is 38.1 Å². The van der Waals surface area contributed by atoms with E-state index in [1.54, 1.807) is 18.1 Å². The summed E-state index contributed by atoms with van der Waals surface area (Å²) in [6.07, 6.45) is 1.78. The summed E-state index contributed by atoms with van der Waals surface area (Å²) in [5.41, 5.74) is 2.72. The van der Waals surface area contributed by atoms with Crippen LogP contribution < -0.4 is 9.64 Å². The summed E-state index contributed by atoms with van der Waals surface area (Å²) in [5.74, 6) is 0.869. The van der Waals surface area contributed by atoms with E-state index in [0.29, 0.717) is 11.6 Å². The Labute approximate surface area is 166 Å². The molecule has 148 valence electrons. The van der Waals surface area contributed by atoms with Gasteiger partial charge in [0.05, 0.1) is 25.3 Å². The minimum atomic E-state index is -3.28. The molecule has 0 unspecified atom stereocenters. The molecule has 1 aliphatic rings. The zero-order valence-corrected chi connectivity index (χ0v) is 17.1. The fourth-order valence-corrected chi connectivity index (χ4v) is 4.53. The van der Waals surface area contributed by atoms with Crippen LogP contribution in [0.2, 0.25) is 0 Å². The van der Waals surface area contributed by atoms with Crippen molar-refractivity contribution in [2.75, 3.05) is 17.8 Å². The average molecular weight is 400 g/mol. The molecular formula is C22H25NO4S. The van der Waals surface area contributed by atoms with Crippen LogP contribution >= 0.6 is 0 Å². The first-order chi connectivity index (χ1) is 13.3. The average Bonchev–Trinajstić information content (AvgIpc) is 3.02.